The molecule has 1 unspecified atom stereocenters. The van der Waals surface area contributed by atoms with E-state index in [1.807, 2.05) is 6.07 Å². The number of carbonyl (C=O) groups excluding carboxylic acids is 1. The van der Waals surface area contributed by atoms with Crippen molar-refractivity contribution in [1.29, 1.82) is 0 Å². The number of halogens is 2. The Kier molecular flexibility index (Phi) is 7.36. The Bertz CT molecular complexity index is 1360. The third kappa shape index (κ3) is 5.66. The van der Waals surface area contributed by atoms with Crippen LogP contribution in [0, 0.1) is 0 Å². The van der Waals surface area contributed by atoms with Gasteiger partial charge in [-0.1, -0.05) is 0 Å². The summed E-state index contributed by atoms with van der Waals surface area (Å²) in [6.07, 6.45) is 1.94. The number of benzene rings is 1. The molecule has 3 N–H and O–H groups in total. The molecule has 0 spiro atoms. The fraction of sp³-hybridized carbons (Fsp3) is 0.333. The van der Waals surface area contributed by atoms with E-state index in [0.717, 1.165) is 31.9 Å². The van der Waals surface area contributed by atoms with Crippen molar-refractivity contribution in [2.24, 2.45) is 0 Å². The van der Waals surface area contributed by atoms with Crippen molar-refractivity contribution in [3.63, 3.8) is 0 Å². The number of aromatic amines is 1. The largest absolute Gasteiger partial charge is 0.368 e. The monoisotopic (exact) mass is 524 g/mol. The predicted octanol–water partition coefficient (Wildman–Crippen LogP) is 1.76. The van der Waals surface area contributed by atoms with Crippen molar-refractivity contribution in [3.8, 4) is 0 Å². The number of aromatic nitrogens is 3. The Morgan fingerprint density at radius 2 is 1.97 bits per heavy atom. The molecule has 1 amide bonds. The topological polar surface area (TPSA) is 137 Å². The van der Waals surface area contributed by atoms with Gasteiger partial charge < -0.3 is 20.5 Å². The summed E-state index contributed by atoms with van der Waals surface area (Å²) in [4.78, 5) is 38.0. The van der Waals surface area contributed by atoms with Crippen molar-refractivity contribution in [1.82, 2.24) is 25.6 Å². The van der Waals surface area contributed by atoms with E-state index in [4.69, 9.17) is 22.3 Å². The zero-order valence-corrected chi connectivity index (χ0v) is 20.3. The van der Waals surface area contributed by atoms with Crippen LogP contribution in [0.2, 0.25) is 0 Å². The molecule has 2 aromatic heterocycles. The number of anilines is 1. The lowest BCUT2D eigenvalue weighted by Gasteiger charge is -2.29. The van der Waals surface area contributed by atoms with Crippen molar-refractivity contribution >= 4 is 54.0 Å². The molecule has 0 bridgehead atoms. The van der Waals surface area contributed by atoms with Crippen LogP contribution in [-0.2, 0) is 9.05 Å². The van der Waals surface area contributed by atoms with Crippen LogP contribution in [-0.4, -0.2) is 62.0 Å². The third-order valence-electron chi connectivity index (χ3n) is 5.41. The molecular formula is C21H22Cl2N6O4S. The van der Waals surface area contributed by atoms with Crippen LogP contribution in [0.1, 0.15) is 28.0 Å². The number of hydrogen-bond donors (Lipinski definition) is 3. The molecular weight excluding hydrogens is 503 g/mol. The molecule has 3 aromatic rings. The molecule has 1 saturated heterocycles. The average Bonchev–Trinajstić information content (AvgIpc) is 2.83. The zero-order valence-electron chi connectivity index (χ0n) is 17.9. The van der Waals surface area contributed by atoms with Crippen molar-refractivity contribution in [2.45, 2.75) is 16.7 Å². The van der Waals surface area contributed by atoms with E-state index in [2.05, 4.69) is 30.5 Å². The molecule has 1 aliphatic heterocycles. The van der Waals surface area contributed by atoms with Crippen LogP contribution in [0.4, 0.5) is 5.69 Å². The van der Waals surface area contributed by atoms with Gasteiger partial charge in [-0.2, -0.15) is 0 Å². The maximum Gasteiger partial charge on any atom is 0.271 e. The third-order valence-corrected chi connectivity index (χ3v) is 7.19. The standard InChI is InChI=1S/C21H22Cl2N6O4S/c22-15(19-21(31)28-18-11-14(34(23,32)33)2-4-16(18)27-19)5-6-25-20(30)17-3-1-13(12-26-17)29-9-7-24-8-10-29/h1-4,11-12,15,24H,5-10H2,(H,25,30)(H,28,31). The molecule has 1 atom stereocenters. The Morgan fingerprint density at radius 3 is 2.65 bits per heavy atom. The van der Waals surface area contributed by atoms with Gasteiger partial charge in [0.15, 0.2) is 0 Å². The molecule has 1 aromatic carbocycles. The molecule has 1 aliphatic rings. The summed E-state index contributed by atoms with van der Waals surface area (Å²) in [5.41, 5.74) is 1.37. The first-order chi connectivity index (χ1) is 16.2. The van der Waals surface area contributed by atoms with Gasteiger partial charge in [-0.25, -0.2) is 18.4 Å². The van der Waals surface area contributed by atoms with Crippen LogP contribution in [0.3, 0.4) is 0 Å². The van der Waals surface area contributed by atoms with E-state index in [9.17, 15) is 18.0 Å². The van der Waals surface area contributed by atoms with E-state index < -0.39 is 20.0 Å². The summed E-state index contributed by atoms with van der Waals surface area (Å²) in [7, 11) is 1.41. The number of hydrogen-bond acceptors (Lipinski definition) is 8. The number of pyridine rings is 1. The van der Waals surface area contributed by atoms with Gasteiger partial charge in [0.1, 0.15) is 11.4 Å². The highest BCUT2D eigenvalue weighted by Crippen LogP contribution is 2.23. The minimum atomic E-state index is -3.94. The quantitative estimate of drug-likeness (QED) is 0.314. The number of nitrogens with one attached hydrogen (secondary N) is 3. The number of piperazine rings is 1. The highest BCUT2D eigenvalue weighted by molar-refractivity contribution is 8.13. The average molecular weight is 525 g/mol. The smallest absolute Gasteiger partial charge is 0.271 e. The Balaban J connectivity index is 1.36. The molecule has 0 aliphatic carbocycles. The van der Waals surface area contributed by atoms with Gasteiger partial charge in [0, 0.05) is 43.4 Å². The Morgan fingerprint density at radius 1 is 1.21 bits per heavy atom. The number of fused-ring (bicyclic) bond motifs is 1. The van der Waals surface area contributed by atoms with Crippen molar-refractivity contribution in [2.75, 3.05) is 37.6 Å². The van der Waals surface area contributed by atoms with Crippen molar-refractivity contribution < 1.29 is 13.2 Å². The van der Waals surface area contributed by atoms with Gasteiger partial charge in [-0.15, -0.1) is 11.6 Å². The summed E-state index contributed by atoms with van der Waals surface area (Å²) < 4.78 is 23.0. The highest BCUT2D eigenvalue weighted by atomic mass is 35.7. The molecule has 0 radical (unpaired) electrons. The maximum absolute atomic E-state index is 12.4. The summed E-state index contributed by atoms with van der Waals surface area (Å²) in [6, 6.07) is 7.52. The second-order valence-corrected chi connectivity index (χ2v) is 10.8. The number of nitrogens with zero attached hydrogens (tertiary/aromatic N) is 3. The molecule has 0 saturated carbocycles. The van der Waals surface area contributed by atoms with Crippen molar-refractivity contribution in [3.05, 3.63) is 58.3 Å². The number of alkyl halides is 1. The summed E-state index contributed by atoms with van der Waals surface area (Å²) in [5.74, 6) is -0.342. The van der Waals surface area contributed by atoms with Gasteiger partial charge in [-0.3, -0.25) is 9.59 Å². The fourth-order valence-corrected chi connectivity index (χ4v) is 4.65. The molecule has 34 heavy (non-hydrogen) atoms. The van der Waals surface area contributed by atoms with Gasteiger partial charge in [0.25, 0.3) is 20.5 Å². The second kappa shape index (κ2) is 10.3. The lowest BCUT2D eigenvalue weighted by Crippen LogP contribution is -2.43. The predicted molar refractivity (Wildman–Crippen MR) is 130 cm³/mol. The number of carbonyl (C=O) groups is 1. The minimum absolute atomic E-state index is 0.0726. The summed E-state index contributed by atoms with van der Waals surface area (Å²) in [5, 5.41) is 5.27. The van der Waals surface area contributed by atoms with E-state index in [1.165, 1.54) is 18.2 Å². The van der Waals surface area contributed by atoms with E-state index in [-0.39, 0.29) is 40.7 Å². The normalized spacial score (nSPS) is 15.3. The van der Waals surface area contributed by atoms with E-state index >= 15 is 0 Å². The van der Waals surface area contributed by atoms with E-state index in [1.54, 1.807) is 12.3 Å². The Hall–Kier alpha value is -2.73. The molecule has 3 heterocycles. The first-order valence-corrected chi connectivity index (χ1v) is 13.3. The summed E-state index contributed by atoms with van der Waals surface area (Å²) >= 11 is 6.37. The van der Waals surface area contributed by atoms with Crippen LogP contribution in [0.15, 0.2) is 46.2 Å². The van der Waals surface area contributed by atoms with Gasteiger partial charge in [0.05, 0.1) is 33.2 Å². The SMILES string of the molecule is O=C(NCCC(Cl)c1nc2ccc(S(=O)(=O)Cl)cc2[nH]c1=O)c1ccc(N2CCNCC2)cn1. The molecule has 10 nitrogen and oxygen atoms in total. The molecule has 4 rings (SSSR count). The number of H-pyrrole nitrogens is 1. The molecule has 1 fully saturated rings. The van der Waals surface area contributed by atoms with Gasteiger partial charge in [0.2, 0.25) is 0 Å². The zero-order chi connectivity index (χ0) is 24.3. The van der Waals surface area contributed by atoms with Crippen LogP contribution < -0.4 is 21.1 Å². The molecule has 13 heteroatoms. The lowest BCUT2D eigenvalue weighted by molar-refractivity contribution is 0.0948. The minimum Gasteiger partial charge on any atom is -0.368 e. The Labute approximate surface area is 205 Å². The molecule has 180 valence electrons. The van der Waals surface area contributed by atoms with E-state index in [0.29, 0.717) is 5.52 Å². The van der Waals surface area contributed by atoms with Crippen LogP contribution >= 0.6 is 22.3 Å². The highest BCUT2D eigenvalue weighted by Gasteiger charge is 2.18. The van der Waals surface area contributed by atoms with Gasteiger partial charge >= 0.3 is 0 Å². The van der Waals surface area contributed by atoms with Crippen LogP contribution in [0.25, 0.3) is 11.0 Å². The summed E-state index contributed by atoms with van der Waals surface area (Å²) in [6.45, 7) is 3.80. The van der Waals surface area contributed by atoms with Gasteiger partial charge in [-0.05, 0) is 36.8 Å². The second-order valence-electron chi connectivity index (χ2n) is 7.72. The maximum atomic E-state index is 12.4. The van der Waals surface area contributed by atoms with Crippen LogP contribution in [0.5, 0.6) is 0 Å². The fourth-order valence-electron chi connectivity index (χ4n) is 3.61. The first-order valence-electron chi connectivity index (χ1n) is 10.5. The number of amides is 1. The number of rotatable bonds is 7. The first kappa shape index (κ1) is 24.4. The lowest BCUT2D eigenvalue weighted by atomic mass is 10.2.